The van der Waals surface area contributed by atoms with E-state index in [0.717, 1.165) is 49.2 Å². The molecule has 3 saturated heterocycles. The third kappa shape index (κ3) is 5.88. The highest BCUT2D eigenvalue weighted by Crippen LogP contribution is 2.31. The first-order valence-corrected chi connectivity index (χ1v) is 14.0. The first kappa shape index (κ1) is 26.4. The van der Waals surface area contributed by atoms with E-state index in [-0.39, 0.29) is 29.8 Å². The minimum absolute atomic E-state index is 0.0246. The topological polar surface area (TPSA) is 115 Å². The Morgan fingerprint density at radius 1 is 1.05 bits per heavy atom. The van der Waals surface area contributed by atoms with Crippen molar-refractivity contribution >= 4 is 28.4 Å². The fourth-order valence-electron chi connectivity index (χ4n) is 5.79. The Hall–Kier alpha value is -2.82. The van der Waals surface area contributed by atoms with Crippen molar-refractivity contribution in [2.24, 2.45) is 11.8 Å². The van der Waals surface area contributed by atoms with E-state index in [2.05, 4.69) is 26.9 Å². The summed E-state index contributed by atoms with van der Waals surface area (Å²) in [5, 5.41) is 14.6. The maximum atomic E-state index is 13.6. The molecule has 0 aliphatic carbocycles. The van der Waals surface area contributed by atoms with Crippen LogP contribution in [0.5, 0.6) is 0 Å². The van der Waals surface area contributed by atoms with Crippen molar-refractivity contribution in [3.8, 4) is 0 Å². The van der Waals surface area contributed by atoms with Crippen LogP contribution in [0.3, 0.4) is 0 Å². The van der Waals surface area contributed by atoms with Crippen molar-refractivity contribution in [1.82, 2.24) is 20.8 Å². The molecule has 2 unspecified atom stereocenters. The van der Waals surface area contributed by atoms with Crippen LogP contribution in [0.4, 0.5) is 0 Å². The van der Waals surface area contributed by atoms with E-state index in [0.29, 0.717) is 54.1 Å². The van der Waals surface area contributed by atoms with Gasteiger partial charge < -0.3 is 19.5 Å². The Labute approximate surface area is 231 Å². The van der Waals surface area contributed by atoms with Crippen molar-refractivity contribution in [1.29, 1.82) is 0 Å². The number of carbonyl (C=O) groups excluding carboxylic acids is 1. The van der Waals surface area contributed by atoms with Gasteiger partial charge in [-0.05, 0) is 60.1 Å². The number of amides is 1. The quantitative estimate of drug-likeness (QED) is 0.393. The average molecular weight is 553 g/mol. The maximum Gasteiger partial charge on any atom is 0.276 e. The molecule has 1 aromatic heterocycles. The van der Waals surface area contributed by atoms with Crippen molar-refractivity contribution in [2.45, 2.75) is 44.4 Å². The molecule has 9 nitrogen and oxygen atoms in total. The summed E-state index contributed by atoms with van der Waals surface area (Å²) in [6.07, 6.45) is 3.54. The molecular weight excluding hydrogens is 520 g/mol. The molecule has 1 amide bonds. The number of fused-ring (bicyclic) bond motifs is 1. The van der Waals surface area contributed by atoms with Crippen LogP contribution in [0, 0.1) is 11.8 Å². The lowest BCUT2D eigenvalue weighted by atomic mass is 9.84. The van der Waals surface area contributed by atoms with E-state index in [1.165, 1.54) is 0 Å². The zero-order valence-electron chi connectivity index (χ0n) is 21.7. The van der Waals surface area contributed by atoms with Crippen molar-refractivity contribution < 1.29 is 19.0 Å². The standard InChI is InChI=1S/C29H33ClN4O5/c30-21-3-1-18(2-4-21)13-31-29(36)27-28(35)22-11-19(9-17-5-7-37-8-6-17)10-20(26(22)33-34-27)12-25-23(14-39-25)24-15-38-16-32-24/h1-4,10-11,17,23-25,32H,5-9,12-16H2,(H,31,36)(H,33,35)/t23?,24-,25?/m0/s1. The van der Waals surface area contributed by atoms with E-state index in [4.69, 9.17) is 25.8 Å². The van der Waals surface area contributed by atoms with E-state index in [9.17, 15) is 9.59 Å². The number of hydrogen-bond donors (Lipinski definition) is 3. The summed E-state index contributed by atoms with van der Waals surface area (Å²) in [5.41, 5.74) is 3.10. The van der Waals surface area contributed by atoms with Crippen LogP contribution < -0.4 is 16.1 Å². The van der Waals surface area contributed by atoms with E-state index < -0.39 is 5.91 Å². The zero-order chi connectivity index (χ0) is 26.8. The first-order valence-electron chi connectivity index (χ1n) is 13.6. The zero-order valence-corrected chi connectivity index (χ0v) is 22.5. The third-order valence-electron chi connectivity index (χ3n) is 8.13. The Bertz CT molecular complexity index is 1380. The first-order chi connectivity index (χ1) is 19.0. The molecule has 39 heavy (non-hydrogen) atoms. The summed E-state index contributed by atoms with van der Waals surface area (Å²) in [5.74, 6) is 0.332. The minimum Gasteiger partial charge on any atom is -0.381 e. The van der Waals surface area contributed by atoms with Crippen LogP contribution in [0.2, 0.25) is 5.02 Å². The van der Waals surface area contributed by atoms with Gasteiger partial charge in [-0.1, -0.05) is 29.8 Å². The van der Waals surface area contributed by atoms with E-state index >= 15 is 0 Å². The number of aromatic nitrogens is 2. The van der Waals surface area contributed by atoms with Gasteiger partial charge in [-0.3, -0.25) is 20.0 Å². The molecule has 6 rings (SSSR count). The van der Waals surface area contributed by atoms with Crippen LogP contribution >= 0.6 is 11.6 Å². The number of H-pyrrole nitrogens is 1. The van der Waals surface area contributed by atoms with Crippen LogP contribution in [-0.2, 0) is 33.6 Å². The summed E-state index contributed by atoms with van der Waals surface area (Å²) < 4.78 is 17.0. The normalized spacial score (nSPS) is 23.6. The molecular formula is C29H33ClN4O5. The molecule has 0 radical (unpaired) electrons. The fraction of sp³-hybridized carbons (Fsp3) is 0.483. The van der Waals surface area contributed by atoms with Crippen molar-refractivity contribution in [2.75, 3.05) is 33.2 Å². The highest BCUT2D eigenvalue weighted by Gasteiger charge is 2.40. The molecule has 3 aliphatic rings. The van der Waals surface area contributed by atoms with Gasteiger partial charge >= 0.3 is 0 Å². The number of benzene rings is 2. The third-order valence-corrected chi connectivity index (χ3v) is 8.38. The predicted molar refractivity (Wildman–Crippen MR) is 147 cm³/mol. The van der Waals surface area contributed by atoms with Gasteiger partial charge in [0.15, 0.2) is 5.69 Å². The van der Waals surface area contributed by atoms with Gasteiger partial charge in [0, 0.05) is 43.2 Å². The monoisotopic (exact) mass is 552 g/mol. The van der Waals surface area contributed by atoms with Gasteiger partial charge in [0.2, 0.25) is 5.43 Å². The minimum atomic E-state index is -0.515. The van der Waals surface area contributed by atoms with E-state index in [1.54, 1.807) is 12.1 Å². The van der Waals surface area contributed by atoms with Crippen LogP contribution in [0.1, 0.15) is 40.0 Å². The second-order valence-corrected chi connectivity index (χ2v) is 11.1. The fourth-order valence-corrected chi connectivity index (χ4v) is 5.91. The lowest BCUT2D eigenvalue weighted by Crippen LogP contribution is -2.52. The van der Waals surface area contributed by atoms with Gasteiger partial charge in [-0.25, -0.2) is 0 Å². The van der Waals surface area contributed by atoms with Gasteiger partial charge in [-0.15, -0.1) is 0 Å². The molecule has 206 valence electrons. The Morgan fingerprint density at radius 2 is 1.87 bits per heavy atom. The molecule has 3 fully saturated rings. The number of nitrogens with zero attached hydrogens (tertiary/aromatic N) is 1. The molecule has 0 saturated carbocycles. The predicted octanol–water partition coefficient (Wildman–Crippen LogP) is 2.98. The number of nitrogens with one attached hydrogen (secondary N) is 3. The number of carbonyl (C=O) groups is 1. The number of halogens is 1. The SMILES string of the molecule is O=C(NCc1ccc(Cl)cc1)c1n[nH]c2c(CC3OCC3[C@@H]3COCN3)cc(CC3CCOCC3)cc2c1=O. The summed E-state index contributed by atoms with van der Waals surface area (Å²) >= 11 is 5.95. The second kappa shape index (κ2) is 11.7. The van der Waals surface area contributed by atoms with Gasteiger partial charge in [-0.2, -0.15) is 5.10 Å². The molecule has 3 atom stereocenters. The molecule has 0 spiro atoms. The number of hydrogen-bond acceptors (Lipinski definition) is 7. The molecule has 4 heterocycles. The molecule has 2 aromatic carbocycles. The van der Waals surface area contributed by atoms with Crippen LogP contribution in [-0.4, -0.2) is 61.4 Å². The molecule has 10 heteroatoms. The smallest absolute Gasteiger partial charge is 0.276 e. The average Bonchev–Trinajstić information content (AvgIpc) is 3.45. The van der Waals surface area contributed by atoms with Gasteiger partial charge in [0.25, 0.3) is 5.91 Å². The Kier molecular flexibility index (Phi) is 7.95. The number of rotatable bonds is 8. The van der Waals surface area contributed by atoms with Crippen molar-refractivity contribution in [3.05, 3.63) is 74.0 Å². The highest BCUT2D eigenvalue weighted by atomic mass is 35.5. The molecule has 3 N–H and O–H groups in total. The second-order valence-electron chi connectivity index (χ2n) is 10.7. The van der Waals surface area contributed by atoms with Gasteiger partial charge in [0.1, 0.15) is 0 Å². The summed E-state index contributed by atoms with van der Waals surface area (Å²) in [6, 6.07) is 11.6. The van der Waals surface area contributed by atoms with E-state index in [1.807, 2.05) is 18.2 Å². The maximum absolute atomic E-state index is 13.6. The Morgan fingerprint density at radius 3 is 2.59 bits per heavy atom. The summed E-state index contributed by atoms with van der Waals surface area (Å²) in [7, 11) is 0. The largest absolute Gasteiger partial charge is 0.381 e. The van der Waals surface area contributed by atoms with Crippen LogP contribution in [0.25, 0.3) is 10.9 Å². The lowest BCUT2D eigenvalue weighted by molar-refractivity contribution is -0.125. The lowest BCUT2D eigenvalue weighted by Gasteiger charge is -2.40. The molecule has 3 aliphatic heterocycles. The highest BCUT2D eigenvalue weighted by molar-refractivity contribution is 6.30. The molecule has 0 bridgehead atoms. The molecule has 3 aromatic rings. The van der Waals surface area contributed by atoms with Crippen molar-refractivity contribution in [3.63, 3.8) is 0 Å². The van der Waals surface area contributed by atoms with Gasteiger partial charge in [0.05, 0.1) is 37.0 Å². The summed E-state index contributed by atoms with van der Waals surface area (Å²) in [4.78, 5) is 26.6. The number of ether oxygens (including phenoxy) is 3. The number of aromatic amines is 1. The van der Waals surface area contributed by atoms with Crippen LogP contribution in [0.15, 0.2) is 41.2 Å². The Balaban J connectivity index is 1.28. The summed E-state index contributed by atoms with van der Waals surface area (Å²) in [6.45, 7) is 3.74.